The van der Waals surface area contributed by atoms with Gasteiger partial charge in [-0.2, -0.15) is 0 Å². The van der Waals surface area contributed by atoms with Crippen molar-refractivity contribution in [3.63, 3.8) is 0 Å². The summed E-state index contributed by atoms with van der Waals surface area (Å²) in [5, 5.41) is 0. The van der Waals surface area contributed by atoms with Crippen LogP contribution >= 0.6 is 0 Å². The van der Waals surface area contributed by atoms with Crippen LogP contribution in [0, 0.1) is 0 Å². The first-order valence-electron chi connectivity index (χ1n) is 8.80. The number of fused-ring (bicyclic) bond motifs is 1. The zero-order valence-corrected chi connectivity index (χ0v) is 14.8. The number of piperazine rings is 1. The SMILES string of the molecule is CC(C)N1C(=O)CN(c2ncnc3c2CCCCC3)CC1(C)C. The number of amides is 1. The number of carbonyl (C=O) groups excluding carboxylic acids is 1. The van der Waals surface area contributed by atoms with Gasteiger partial charge < -0.3 is 9.80 Å². The molecular formula is C18H28N4O. The average molecular weight is 316 g/mol. The van der Waals surface area contributed by atoms with Gasteiger partial charge in [0.15, 0.2) is 0 Å². The monoisotopic (exact) mass is 316 g/mol. The average Bonchev–Trinajstić information content (AvgIpc) is 2.69. The Morgan fingerprint density at radius 3 is 2.57 bits per heavy atom. The first kappa shape index (κ1) is 16.2. The van der Waals surface area contributed by atoms with E-state index < -0.39 is 0 Å². The molecule has 0 bridgehead atoms. The summed E-state index contributed by atoms with van der Waals surface area (Å²) in [6.45, 7) is 9.72. The van der Waals surface area contributed by atoms with Crippen LogP contribution < -0.4 is 4.90 Å². The quantitative estimate of drug-likeness (QED) is 0.787. The molecule has 0 unspecified atom stereocenters. The Morgan fingerprint density at radius 1 is 1.13 bits per heavy atom. The predicted octanol–water partition coefficient (Wildman–Crippen LogP) is 2.58. The number of aryl methyl sites for hydroxylation is 1. The van der Waals surface area contributed by atoms with Crippen molar-refractivity contribution in [3.05, 3.63) is 17.6 Å². The summed E-state index contributed by atoms with van der Waals surface area (Å²) in [5.41, 5.74) is 2.27. The van der Waals surface area contributed by atoms with Crippen LogP contribution in [-0.4, -0.2) is 45.4 Å². The van der Waals surface area contributed by atoms with E-state index in [1.807, 2.05) is 4.90 Å². The van der Waals surface area contributed by atoms with Crippen LogP contribution in [0.4, 0.5) is 5.82 Å². The molecule has 23 heavy (non-hydrogen) atoms. The normalized spacial score (nSPS) is 21.3. The zero-order chi connectivity index (χ0) is 16.6. The van der Waals surface area contributed by atoms with Crippen molar-refractivity contribution in [3.8, 4) is 0 Å². The fourth-order valence-electron chi connectivity index (χ4n) is 4.27. The van der Waals surface area contributed by atoms with Crippen molar-refractivity contribution in [1.82, 2.24) is 14.9 Å². The number of nitrogens with zero attached hydrogens (tertiary/aromatic N) is 4. The third-order valence-electron chi connectivity index (χ3n) is 4.99. The van der Waals surface area contributed by atoms with E-state index in [1.165, 1.54) is 30.5 Å². The molecule has 126 valence electrons. The van der Waals surface area contributed by atoms with Crippen molar-refractivity contribution in [2.24, 2.45) is 0 Å². The maximum absolute atomic E-state index is 12.7. The number of carbonyl (C=O) groups is 1. The number of hydrogen-bond donors (Lipinski definition) is 0. The molecule has 5 nitrogen and oxygen atoms in total. The Balaban J connectivity index is 1.93. The number of anilines is 1. The van der Waals surface area contributed by atoms with Crippen molar-refractivity contribution in [1.29, 1.82) is 0 Å². The summed E-state index contributed by atoms with van der Waals surface area (Å²) in [6.07, 6.45) is 7.39. The predicted molar refractivity (Wildman–Crippen MR) is 91.6 cm³/mol. The van der Waals surface area contributed by atoms with Crippen molar-refractivity contribution < 1.29 is 4.79 Å². The first-order valence-corrected chi connectivity index (χ1v) is 8.80. The molecule has 1 aliphatic carbocycles. The van der Waals surface area contributed by atoms with Gasteiger partial charge in [0.05, 0.1) is 12.1 Å². The van der Waals surface area contributed by atoms with E-state index in [9.17, 15) is 4.79 Å². The molecule has 0 spiro atoms. The molecule has 1 aliphatic heterocycles. The lowest BCUT2D eigenvalue weighted by molar-refractivity contribution is -0.139. The van der Waals surface area contributed by atoms with Gasteiger partial charge in [-0.05, 0) is 53.4 Å². The van der Waals surface area contributed by atoms with Gasteiger partial charge in [-0.3, -0.25) is 4.79 Å². The van der Waals surface area contributed by atoms with Crippen molar-refractivity contribution >= 4 is 11.7 Å². The fraction of sp³-hybridized carbons (Fsp3) is 0.722. The second-order valence-corrected chi connectivity index (χ2v) is 7.71. The molecule has 3 rings (SSSR count). The van der Waals surface area contributed by atoms with Crippen LogP contribution in [0.2, 0.25) is 0 Å². The molecule has 0 N–H and O–H groups in total. The highest BCUT2D eigenvalue weighted by Gasteiger charge is 2.40. The van der Waals surface area contributed by atoms with Gasteiger partial charge in [0.25, 0.3) is 0 Å². The van der Waals surface area contributed by atoms with Gasteiger partial charge in [0.2, 0.25) is 5.91 Å². The summed E-state index contributed by atoms with van der Waals surface area (Å²) in [7, 11) is 0. The van der Waals surface area contributed by atoms with Gasteiger partial charge in [-0.15, -0.1) is 0 Å². The molecule has 0 aromatic carbocycles. The zero-order valence-electron chi connectivity index (χ0n) is 14.8. The highest BCUT2D eigenvalue weighted by Crippen LogP contribution is 2.31. The van der Waals surface area contributed by atoms with Crippen LogP contribution in [0.25, 0.3) is 0 Å². The van der Waals surface area contributed by atoms with Crippen LogP contribution in [0.5, 0.6) is 0 Å². The molecule has 1 amide bonds. The Bertz CT molecular complexity index is 597. The van der Waals surface area contributed by atoms with E-state index in [0.29, 0.717) is 6.54 Å². The smallest absolute Gasteiger partial charge is 0.242 e. The maximum atomic E-state index is 12.7. The lowest BCUT2D eigenvalue weighted by atomic mass is 9.95. The maximum Gasteiger partial charge on any atom is 0.242 e. The molecule has 5 heteroatoms. The van der Waals surface area contributed by atoms with Gasteiger partial charge in [0.1, 0.15) is 12.1 Å². The van der Waals surface area contributed by atoms with E-state index in [1.54, 1.807) is 6.33 Å². The van der Waals surface area contributed by atoms with Crippen LogP contribution in [0.15, 0.2) is 6.33 Å². The molecule has 0 atom stereocenters. The molecule has 2 heterocycles. The number of aromatic nitrogens is 2. The fourth-order valence-corrected chi connectivity index (χ4v) is 4.27. The van der Waals surface area contributed by atoms with Crippen LogP contribution in [0.3, 0.4) is 0 Å². The molecule has 1 aromatic rings. The Hall–Kier alpha value is -1.65. The summed E-state index contributed by atoms with van der Waals surface area (Å²) < 4.78 is 0. The van der Waals surface area contributed by atoms with E-state index >= 15 is 0 Å². The highest BCUT2D eigenvalue weighted by atomic mass is 16.2. The third-order valence-corrected chi connectivity index (χ3v) is 4.99. The minimum Gasteiger partial charge on any atom is -0.345 e. The van der Waals surface area contributed by atoms with Gasteiger partial charge >= 0.3 is 0 Å². The largest absolute Gasteiger partial charge is 0.345 e. The second kappa shape index (κ2) is 6.10. The molecule has 0 saturated carbocycles. The number of hydrogen-bond acceptors (Lipinski definition) is 4. The molecule has 1 fully saturated rings. The first-order chi connectivity index (χ1) is 10.9. The van der Waals surface area contributed by atoms with Crippen LogP contribution in [0.1, 0.15) is 58.2 Å². The van der Waals surface area contributed by atoms with E-state index in [0.717, 1.165) is 25.2 Å². The van der Waals surface area contributed by atoms with Crippen LogP contribution in [-0.2, 0) is 17.6 Å². The van der Waals surface area contributed by atoms with Gasteiger partial charge in [-0.1, -0.05) is 6.42 Å². The standard InChI is InChI=1S/C18H28N4O/c1-13(2)22-16(23)10-21(11-18(22,3)4)17-14-8-6-5-7-9-15(14)19-12-20-17/h12-13H,5-11H2,1-4H3. The molecule has 0 radical (unpaired) electrons. The number of rotatable bonds is 2. The third kappa shape index (κ3) is 3.06. The lowest BCUT2D eigenvalue weighted by Gasteiger charge is -2.49. The molecule has 1 aromatic heterocycles. The molecule has 1 saturated heterocycles. The van der Waals surface area contributed by atoms with E-state index in [4.69, 9.17) is 0 Å². The minimum absolute atomic E-state index is 0.188. The Labute approximate surface area is 139 Å². The summed E-state index contributed by atoms with van der Waals surface area (Å²) in [6, 6.07) is 0.224. The summed E-state index contributed by atoms with van der Waals surface area (Å²) in [4.78, 5) is 26.0. The Kier molecular flexibility index (Phi) is 4.30. The Morgan fingerprint density at radius 2 is 1.87 bits per heavy atom. The molecular weight excluding hydrogens is 288 g/mol. The van der Waals surface area contributed by atoms with E-state index in [-0.39, 0.29) is 17.5 Å². The summed E-state index contributed by atoms with van der Waals surface area (Å²) in [5.74, 6) is 1.18. The van der Waals surface area contributed by atoms with E-state index in [2.05, 4.69) is 42.6 Å². The lowest BCUT2D eigenvalue weighted by Crippen LogP contribution is -2.64. The summed E-state index contributed by atoms with van der Waals surface area (Å²) >= 11 is 0. The minimum atomic E-state index is -0.188. The topological polar surface area (TPSA) is 49.3 Å². The molecule has 2 aliphatic rings. The van der Waals surface area contributed by atoms with Crippen molar-refractivity contribution in [2.75, 3.05) is 18.0 Å². The highest BCUT2D eigenvalue weighted by molar-refractivity contribution is 5.84. The van der Waals surface area contributed by atoms with Gasteiger partial charge in [-0.25, -0.2) is 9.97 Å². The van der Waals surface area contributed by atoms with Gasteiger partial charge in [0, 0.05) is 23.8 Å². The van der Waals surface area contributed by atoms with Crippen molar-refractivity contribution in [2.45, 2.75) is 71.4 Å². The second-order valence-electron chi connectivity index (χ2n) is 7.71.